The molecule has 0 bridgehead atoms. The molecule has 10 aromatic rings. The van der Waals surface area contributed by atoms with Crippen molar-refractivity contribution in [2.24, 2.45) is 0 Å². The number of nitrogens with zero attached hydrogens (tertiary/aromatic N) is 6. The van der Waals surface area contributed by atoms with Crippen molar-refractivity contribution in [1.29, 1.82) is 5.26 Å². The van der Waals surface area contributed by atoms with Crippen LogP contribution in [0.25, 0.3) is 101 Å². The molecule has 10 rings (SSSR count). The highest BCUT2D eigenvalue weighted by Crippen LogP contribution is 2.36. The highest BCUT2D eigenvalue weighted by atomic mass is 15.0. The van der Waals surface area contributed by atoms with Crippen LogP contribution in [0.15, 0.2) is 218 Å². The number of aromatic nitrogens is 5. The van der Waals surface area contributed by atoms with Gasteiger partial charge in [0.1, 0.15) is 0 Å². The lowest BCUT2D eigenvalue weighted by Crippen LogP contribution is -2.00. The van der Waals surface area contributed by atoms with Gasteiger partial charge in [-0.1, -0.05) is 182 Å². The van der Waals surface area contributed by atoms with Crippen LogP contribution < -0.4 is 0 Å². The SMILES string of the molecule is N#Cc1cccc(-c2cccc(-c3cccc(-c4nc(-c5ccccc5)nc(-c5cccc(-c6ccccc6-c6nc(-c7ccccc7)cc(-c7ccccc7)n6)c5)n4)c3)c2)c1. The Morgan fingerprint density at radius 1 is 0.258 bits per heavy atom. The Kier molecular flexibility index (Phi) is 10.3. The van der Waals surface area contributed by atoms with Gasteiger partial charge in [-0.3, -0.25) is 0 Å². The zero-order valence-corrected chi connectivity index (χ0v) is 33.5. The fourth-order valence-corrected chi connectivity index (χ4v) is 7.67. The Bertz CT molecular complexity index is 3190. The molecule has 0 amide bonds. The minimum atomic E-state index is 0.562. The second-order valence-electron chi connectivity index (χ2n) is 14.8. The van der Waals surface area contributed by atoms with E-state index in [9.17, 15) is 5.26 Å². The molecular weight excluding hydrogens is 757 g/mol. The lowest BCUT2D eigenvalue weighted by atomic mass is 9.96. The van der Waals surface area contributed by atoms with Gasteiger partial charge >= 0.3 is 0 Å². The molecule has 0 atom stereocenters. The van der Waals surface area contributed by atoms with Crippen LogP contribution in [0.1, 0.15) is 5.56 Å². The number of hydrogen-bond donors (Lipinski definition) is 0. The zero-order valence-electron chi connectivity index (χ0n) is 33.5. The van der Waals surface area contributed by atoms with Crippen molar-refractivity contribution in [3.63, 3.8) is 0 Å². The molecule has 0 saturated heterocycles. The topological polar surface area (TPSA) is 88.2 Å². The lowest BCUT2D eigenvalue weighted by molar-refractivity contribution is 1.07. The van der Waals surface area contributed by atoms with Gasteiger partial charge in [-0.25, -0.2) is 24.9 Å². The highest BCUT2D eigenvalue weighted by molar-refractivity contribution is 5.85. The normalized spacial score (nSPS) is 10.9. The second kappa shape index (κ2) is 16.9. The molecule has 6 heteroatoms. The van der Waals surface area contributed by atoms with Crippen molar-refractivity contribution in [1.82, 2.24) is 24.9 Å². The monoisotopic (exact) mass is 792 g/mol. The van der Waals surface area contributed by atoms with Crippen LogP contribution in [0.4, 0.5) is 0 Å². The molecule has 0 spiro atoms. The molecule has 8 aromatic carbocycles. The summed E-state index contributed by atoms with van der Waals surface area (Å²) in [6.07, 6.45) is 0. The van der Waals surface area contributed by atoms with Gasteiger partial charge in [0, 0.05) is 33.4 Å². The third-order valence-electron chi connectivity index (χ3n) is 10.8. The summed E-state index contributed by atoms with van der Waals surface area (Å²) in [6.45, 7) is 0. The first-order valence-electron chi connectivity index (χ1n) is 20.4. The maximum absolute atomic E-state index is 9.50. The number of nitriles is 1. The molecule has 0 aliphatic carbocycles. The molecule has 6 nitrogen and oxygen atoms in total. The summed E-state index contributed by atoms with van der Waals surface area (Å²) < 4.78 is 0. The van der Waals surface area contributed by atoms with E-state index in [2.05, 4.69) is 91.0 Å². The quantitative estimate of drug-likeness (QED) is 0.145. The van der Waals surface area contributed by atoms with Crippen molar-refractivity contribution in [3.8, 4) is 108 Å². The molecule has 0 saturated carbocycles. The summed E-state index contributed by atoms with van der Waals surface area (Å²) in [5.41, 5.74) is 14.0. The largest absolute Gasteiger partial charge is 0.228 e. The Morgan fingerprint density at radius 2 is 0.629 bits per heavy atom. The van der Waals surface area contributed by atoms with Gasteiger partial charge in [-0.05, 0) is 69.8 Å². The van der Waals surface area contributed by atoms with Gasteiger partial charge in [0.25, 0.3) is 0 Å². The van der Waals surface area contributed by atoms with Gasteiger partial charge < -0.3 is 0 Å². The minimum Gasteiger partial charge on any atom is -0.228 e. The number of rotatable bonds is 9. The van der Waals surface area contributed by atoms with Crippen molar-refractivity contribution < 1.29 is 0 Å². The van der Waals surface area contributed by atoms with E-state index in [-0.39, 0.29) is 0 Å². The Morgan fingerprint density at radius 3 is 1.16 bits per heavy atom. The summed E-state index contributed by atoms with van der Waals surface area (Å²) in [7, 11) is 0. The van der Waals surface area contributed by atoms with E-state index in [0.29, 0.717) is 28.9 Å². The predicted molar refractivity (Wildman–Crippen MR) is 249 cm³/mol. The van der Waals surface area contributed by atoms with E-state index in [1.165, 1.54) is 0 Å². The molecule has 0 fully saturated rings. The van der Waals surface area contributed by atoms with Crippen molar-refractivity contribution >= 4 is 0 Å². The Labute approximate surface area is 360 Å². The molecule has 0 unspecified atom stereocenters. The molecular formula is C56H36N6. The summed E-state index contributed by atoms with van der Waals surface area (Å²) in [4.78, 5) is 25.6. The van der Waals surface area contributed by atoms with Crippen LogP contribution >= 0.6 is 0 Å². The van der Waals surface area contributed by atoms with Crippen LogP contribution in [0, 0.1) is 11.3 Å². The van der Waals surface area contributed by atoms with Crippen LogP contribution in [0.3, 0.4) is 0 Å². The molecule has 0 N–H and O–H groups in total. The van der Waals surface area contributed by atoms with Gasteiger partial charge in [-0.2, -0.15) is 5.26 Å². The first-order chi connectivity index (χ1) is 30.6. The average Bonchev–Trinajstić information content (AvgIpc) is 3.37. The molecule has 62 heavy (non-hydrogen) atoms. The maximum Gasteiger partial charge on any atom is 0.164 e. The van der Waals surface area contributed by atoms with E-state index >= 15 is 0 Å². The van der Waals surface area contributed by atoms with Crippen molar-refractivity contribution in [2.75, 3.05) is 0 Å². The summed E-state index contributed by atoms with van der Waals surface area (Å²) in [5, 5.41) is 9.50. The van der Waals surface area contributed by atoms with Gasteiger partial charge in [0.15, 0.2) is 23.3 Å². The van der Waals surface area contributed by atoms with Crippen LogP contribution in [-0.4, -0.2) is 24.9 Å². The van der Waals surface area contributed by atoms with Crippen LogP contribution in [0.2, 0.25) is 0 Å². The molecule has 0 radical (unpaired) electrons. The average molecular weight is 793 g/mol. The fourth-order valence-electron chi connectivity index (χ4n) is 7.67. The van der Waals surface area contributed by atoms with E-state index < -0.39 is 0 Å². The van der Waals surface area contributed by atoms with Crippen molar-refractivity contribution in [3.05, 3.63) is 224 Å². The van der Waals surface area contributed by atoms with Gasteiger partial charge in [-0.15, -0.1) is 0 Å². The molecule has 0 aliphatic rings. The Balaban J connectivity index is 1.06. The second-order valence-corrected chi connectivity index (χ2v) is 14.8. The van der Waals surface area contributed by atoms with Crippen molar-refractivity contribution in [2.45, 2.75) is 0 Å². The third-order valence-corrected chi connectivity index (χ3v) is 10.8. The summed E-state index contributed by atoms with van der Waals surface area (Å²) in [5.74, 6) is 2.35. The lowest BCUT2D eigenvalue weighted by Gasteiger charge is -2.14. The third kappa shape index (κ3) is 7.90. The number of hydrogen-bond acceptors (Lipinski definition) is 6. The van der Waals surface area contributed by atoms with Crippen LogP contribution in [-0.2, 0) is 0 Å². The van der Waals surface area contributed by atoms with Gasteiger partial charge in [0.05, 0.1) is 23.0 Å². The molecule has 2 aromatic heterocycles. The van der Waals surface area contributed by atoms with Crippen LogP contribution in [0.5, 0.6) is 0 Å². The first kappa shape index (κ1) is 37.6. The smallest absolute Gasteiger partial charge is 0.164 e. The standard InChI is InChI=1S/C56H36N6/c57-37-38-16-12-23-42(32-38)43-24-13-25-44(33-43)45-26-14-28-47(34-45)54-60-53(41-21-8-3-9-22-41)61-55(62-54)48-29-15-27-46(35-48)49-30-10-11-31-50(49)56-58-51(39-17-4-1-5-18-39)36-52(59-56)40-19-6-2-7-20-40/h1-36H. The fraction of sp³-hybridized carbons (Fsp3) is 0. The molecule has 2 heterocycles. The van der Waals surface area contributed by atoms with E-state index in [1.54, 1.807) is 0 Å². The van der Waals surface area contributed by atoms with E-state index in [1.807, 2.05) is 133 Å². The van der Waals surface area contributed by atoms with E-state index in [0.717, 1.165) is 78.1 Å². The maximum atomic E-state index is 9.50. The highest BCUT2D eigenvalue weighted by Gasteiger charge is 2.17. The predicted octanol–water partition coefficient (Wildman–Crippen LogP) is 13.5. The minimum absolute atomic E-state index is 0.562. The van der Waals surface area contributed by atoms with Gasteiger partial charge in [0.2, 0.25) is 0 Å². The zero-order chi connectivity index (χ0) is 41.7. The summed E-state index contributed by atoms with van der Waals surface area (Å²) >= 11 is 0. The molecule has 290 valence electrons. The molecule has 0 aliphatic heterocycles. The Hall–Kier alpha value is -8.66. The van der Waals surface area contributed by atoms with E-state index in [4.69, 9.17) is 24.9 Å². The first-order valence-corrected chi connectivity index (χ1v) is 20.4. The number of benzene rings is 8. The summed E-state index contributed by atoms with van der Waals surface area (Å²) in [6, 6.07) is 75.7.